The van der Waals surface area contributed by atoms with Crippen LogP contribution in [0.3, 0.4) is 0 Å². The highest BCUT2D eigenvalue weighted by molar-refractivity contribution is 6.34. The minimum atomic E-state index is 0.590. The fourth-order valence-electron chi connectivity index (χ4n) is 2.77. The lowest BCUT2D eigenvalue weighted by Gasteiger charge is -2.34. The van der Waals surface area contributed by atoms with Crippen LogP contribution in [0.4, 0.5) is 0 Å². The first-order valence-electron chi connectivity index (χ1n) is 8.05. The molecule has 1 fully saturated rings. The summed E-state index contributed by atoms with van der Waals surface area (Å²) in [5.41, 5.74) is 1.000. The minimum Gasteiger partial charge on any atom is -0.491 e. The van der Waals surface area contributed by atoms with Gasteiger partial charge in [-0.3, -0.25) is 9.80 Å². The van der Waals surface area contributed by atoms with Gasteiger partial charge in [0.2, 0.25) is 0 Å². The molecule has 0 atom stereocenters. The molecule has 3 rings (SSSR count). The number of aromatic nitrogens is 1. The van der Waals surface area contributed by atoms with Gasteiger partial charge in [0, 0.05) is 56.4 Å². The zero-order chi connectivity index (χ0) is 16.9. The summed E-state index contributed by atoms with van der Waals surface area (Å²) in [6.45, 7) is 8.31. The van der Waals surface area contributed by atoms with Crippen LogP contribution in [0.25, 0.3) is 0 Å². The van der Waals surface area contributed by atoms with Crippen molar-refractivity contribution in [3.05, 3.63) is 45.8 Å². The van der Waals surface area contributed by atoms with Crippen LogP contribution < -0.4 is 4.74 Å². The van der Waals surface area contributed by atoms with E-state index in [0.717, 1.165) is 50.7 Å². The van der Waals surface area contributed by atoms with Gasteiger partial charge in [0.05, 0.1) is 10.7 Å². The predicted molar refractivity (Wildman–Crippen MR) is 94.9 cm³/mol. The third-order valence-corrected chi connectivity index (χ3v) is 4.63. The lowest BCUT2D eigenvalue weighted by molar-refractivity contribution is 0.111. The first kappa shape index (κ1) is 17.5. The molecule has 0 amide bonds. The van der Waals surface area contributed by atoms with Crippen molar-refractivity contribution in [2.24, 2.45) is 0 Å². The van der Waals surface area contributed by atoms with Crippen molar-refractivity contribution in [2.75, 3.05) is 39.3 Å². The van der Waals surface area contributed by atoms with E-state index < -0.39 is 0 Å². The molecule has 0 saturated carbocycles. The summed E-state index contributed by atoms with van der Waals surface area (Å²) in [7, 11) is 0. The Morgan fingerprint density at radius 1 is 1.12 bits per heavy atom. The Labute approximate surface area is 152 Å². The van der Waals surface area contributed by atoms with Gasteiger partial charge >= 0.3 is 0 Å². The maximum Gasteiger partial charge on any atom is 0.139 e. The molecule has 5 nitrogen and oxygen atoms in total. The Hall–Kier alpha value is -1.27. The first-order valence-corrected chi connectivity index (χ1v) is 8.80. The second-order valence-corrected chi connectivity index (χ2v) is 6.81. The van der Waals surface area contributed by atoms with Gasteiger partial charge in [-0.15, -0.1) is 0 Å². The van der Waals surface area contributed by atoms with Crippen molar-refractivity contribution in [3.8, 4) is 5.75 Å². The maximum atomic E-state index is 6.10. The van der Waals surface area contributed by atoms with E-state index in [4.69, 9.17) is 32.5 Å². The molecule has 24 heavy (non-hydrogen) atoms. The first-order chi connectivity index (χ1) is 11.6. The number of hydrogen-bond donors (Lipinski definition) is 0. The van der Waals surface area contributed by atoms with Gasteiger partial charge in [-0.05, 0) is 19.1 Å². The van der Waals surface area contributed by atoms with E-state index in [2.05, 4.69) is 15.0 Å². The number of halogens is 2. The fraction of sp³-hybridized carbons (Fsp3) is 0.471. The standard InChI is InChI=1S/C17H21Cl2N3O2/c1-13-10-15(20-24-13)12-22-6-4-21(5-7-22)8-9-23-17-11-14(18)2-3-16(17)19/h2-3,10-11H,4-9,12H2,1H3. The van der Waals surface area contributed by atoms with Crippen LogP contribution >= 0.6 is 23.2 Å². The van der Waals surface area contributed by atoms with Crippen LogP contribution in [0, 0.1) is 6.92 Å². The van der Waals surface area contributed by atoms with Crippen molar-refractivity contribution in [2.45, 2.75) is 13.5 Å². The number of piperazine rings is 1. The summed E-state index contributed by atoms with van der Waals surface area (Å²) in [6, 6.07) is 7.26. The average molecular weight is 370 g/mol. The van der Waals surface area contributed by atoms with E-state index in [1.54, 1.807) is 18.2 Å². The van der Waals surface area contributed by atoms with Crippen molar-refractivity contribution >= 4 is 23.2 Å². The molecule has 0 radical (unpaired) electrons. The van der Waals surface area contributed by atoms with Crippen LogP contribution in [-0.4, -0.2) is 54.3 Å². The largest absolute Gasteiger partial charge is 0.491 e. The van der Waals surface area contributed by atoms with Crippen molar-refractivity contribution in [1.82, 2.24) is 15.0 Å². The summed E-state index contributed by atoms with van der Waals surface area (Å²) >= 11 is 12.1. The third kappa shape index (κ3) is 4.86. The number of benzene rings is 1. The van der Waals surface area contributed by atoms with Gasteiger partial charge in [-0.1, -0.05) is 28.4 Å². The molecule has 1 aromatic heterocycles. The minimum absolute atomic E-state index is 0.590. The molecule has 1 aliphatic rings. The average Bonchev–Trinajstić information content (AvgIpc) is 2.97. The Morgan fingerprint density at radius 3 is 2.58 bits per heavy atom. The summed E-state index contributed by atoms with van der Waals surface area (Å²) in [6.07, 6.45) is 0. The summed E-state index contributed by atoms with van der Waals surface area (Å²) in [4.78, 5) is 4.78. The molecule has 130 valence electrons. The fourth-order valence-corrected chi connectivity index (χ4v) is 3.10. The molecular formula is C17H21Cl2N3O2. The molecule has 2 heterocycles. The highest BCUT2D eigenvalue weighted by Crippen LogP contribution is 2.27. The van der Waals surface area contributed by atoms with Gasteiger partial charge < -0.3 is 9.26 Å². The Bertz CT molecular complexity index is 670. The molecule has 7 heteroatoms. The van der Waals surface area contributed by atoms with E-state index in [9.17, 15) is 0 Å². The second-order valence-electron chi connectivity index (χ2n) is 5.97. The van der Waals surface area contributed by atoms with E-state index in [1.165, 1.54) is 0 Å². The number of aryl methyl sites for hydroxylation is 1. The normalized spacial score (nSPS) is 16.5. The Balaban J connectivity index is 1.38. The summed E-state index contributed by atoms with van der Waals surface area (Å²) in [5.74, 6) is 1.50. The van der Waals surface area contributed by atoms with Crippen LogP contribution in [-0.2, 0) is 6.54 Å². The topological polar surface area (TPSA) is 41.7 Å². The molecule has 1 saturated heterocycles. The van der Waals surface area contributed by atoms with Gasteiger partial charge in [0.25, 0.3) is 0 Å². The van der Waals surface area contributed by atoms with E-state index in [-0.39, 0.29) is 0 Å². The zero-order valence-electron chi connectivity index (χ0n) is 13.7. The second kappa shape index (κ2) is 8.21. The highest BCUT2D eigenvalue weighted by atomic mass is 35.5. The monoisotopic (exact) mass is 369 g/mol. The number of nitrogens with zero attached hydrogens (tertiary/aromatic N) is 3. The highest BCUT2D eigenvalue weighted by Gasteiger charge is 2.18. The summed E-state index contributed by atoms with van der Waals surface area (Å²) < 4.78 is 10.9. The van der Waals surface area contributed by atoms with Crippen LogP contribution in [0.15, 0.2) is 28.8 Å². The van der Waals surface area contributed by atoms with Crippen molar-refractivity contribution < 1.29 is 9.26 Å². The van der Waals surface area contributed by atoms with E-state index >= 15 is 0 Å². The smallest absolute Gasteiger partial charge is 0.139 e. The van der Waals surface area contributed by atoms with E-state index in [0.29, 0.717) is 22.4 Å². The van der Waals surface area contributed by atoms with Gasteiger partial charge in [0.1, 0.15) is 18.1 Å². The number of rotatable bonds is 6. The molecule has 0 N–H and O–H groups in total. The maximum absolute atomic E-state index is 6.10. The van der Waals surface area contributed by atoms with Crippen molar-refractivity contribution in [1.29, 1.82) is 0 Å². The van der Waals surface area contributed by atoms with Gasteiger partial charge in [-0.25, -0.2) is 0 Å². The van der Waals surface area contributed by atoms with Gasteiger partial charge in [-0.2, -0.15) is 0 Å². The molecule has 0 aliphatic carbocycles. The van der Waals surface area contributed by atoms with Crippen molar-refractivity contribution in [3.63, 3.8) is 0 Å². The molecule has 0 spiro atoms. The Morgan fingerprint density at radius 2 is 1.88 bits per heavy atom. The summed E-state index contributed by atoms with van der Waals surface area (Å²) in [5, 5.41) is 5.27. The molecule has 0 unspecified atom stereocenters. The zero-order valence-corrected chi connectivity index (χ0v) is 15.2. The lowest BCUT2D eigenvalue weighted by Crippen LogP contribution is -2.47. The molecular weight excluding hydrogens is 349 g/mol. The molecule has 2 aromatic rings. The van der Waals surface area contributed by atoms with Crippen LogP contribution in [0.2, 0.25) is 10.0 Å². The third-order valence-electron chi connectivity index (χ3n) is 4.09. The van der Waals surface area contributed by atoms with E-state index in [1.807, 2.05) is 13.0 Å². The lowest BCUT2D eigenvalue weighted by atomic mass is 10.3. The predicted octanol–water partition coefficient (Wildman–Crippen LogP) is 3.49. The number of ether oxygens (including phenoxy) is 1. The molecule has 1 aromatic carbocycles. The van der Waals surface area contributed by atoms with Crippen LogP contribution in [0.1, 0.15) is 11.5 Å². The quantitative estimate of drug-likeness (QED) is 0.779. The van der Waals surface area contributed by atoms with Crippen LogP contribution in [0.5, 0.6) is 5.75 Å². The SMILES string of the molecule is Cc1cc(CN2CCN(CCOc3cc(Cl)ccc3Cl)CC2)no1. The van der Waals surface area contributed by atoms with Gasteiger partial charge in [0.15, 0.2) is 0 Å². The number of hydrogen-bond acceptors (Lipinski definition) is 5. The Kier molecular flexibility index (Phi) is 6.00. The molecule has 0 bridgehead atoms. The molecule has 1 aliphatic heterocycles.